The Morgan fingerprint density at radius 1 is 1.23 bits per heavy atom. The number of hydrogen-bond acceptors (Lipinski definition) is 8. The van der Waals surface area contributed by atoms with Crippen LogP contribution in [0.15, 0.2) is 52.2 Å². The number of carbonyl (C=O) groups excluding carboxylic acids is 1. The molecule has 0 unspecified atom stereocenters. The Labute approximate surface area is 260 Å². The minimum atomic E-state index is -0.314. The van der Waals surface area contributed by atoms with Gasteiger partial charge >= 0.3 is 0 Å². The molecule has 0 saturated carbocycles. The van der Waals surface area contributed by atoms with Crippen molar-refractivity contribution in [1.82, 2.24) is 14.2 Å². The highest BCUT2D eigenvalue weighted by Gasteiger charge is 2.28. The summed E-state index contributed by atoms with van der Waals surface area (Å²) in [5, 5.41) is 15.5. The number of nitrogens with one attached hydrogen (secondary N) is 1. The first-order valence-electron chi connectivity index (χ1n) is 12.1. The van der Waals surface area contributed by atoms with Gasteiger partial charge in [-0.05, 0) is 42.7 Å². The van der Waals surface area contributed by atoms with E-state index in [2.05, 4.69) is 10.2 Å². The monoisotopic (exact) mass is 651 g/mol. The average Bonchev–Trinajstić information content (AvgIpc) is 3.37. The van der Waals surface area contributed by atoms with Crippen molar-refractivity contribution in [3.8, 4) is 11.3 Å². The number of aromatic nitrogens is 1. The summed E-state index contributed by atoms with van der Waals surface area (Å²) in [6, 6.07) is 13.5. The van der Waals surface area contributed by atoms with E-state index in [1.165, 1.54) is 23.3 Å². The number of hydrogen-bond donors (Lipinski definition) is 3. The van der Waals surface area contributed by atoms with Crippen LogP contribution in [0.1, 0.15) is 25.3 Å². The number of rotatable bonds is 10. The van der Waals surface area contributed by atoms with Gasteiger partial charge in [-0.15, -0.1) is 36.2 Å². The zero-order valence-electron chi connectivity index (χ0n) is 21.4. The summed E-state index contributed by atoms with van der Waals surface area (Å²) in [4.78, 5) is 19.7. The number of thiazole rings is 1. The van der Waals surface area contributed by atoms with Crippen LogP contribution in [0.5, 0.6) is 0 Å². The molecule has 0 spiro atoms. The van der Waals surface area contributed by atoms with E-state index >= 15 is 0 Å². The summed E-state index contributed by atoms with van der Waals surface area (Å²) in [7, 11) is 0. The van der Waals surface area contributed by atoms with Crippen molar-refractivity contribution in [1.29, 1.82) is 0 Å². The van der Waals surface area contributed by atoms with Crippen molar-refractivity contribution in [2.24, 2.45) is 5.73 Å². The van der Waals surface area contributed by atoms with Crippen molar-refractivity contribution in [2.75, 3.05) is 31.6 Å². The Bertz CT molecular complexity index is 1210. The second-order valence-electron chi connectivity index (χ2n) is 9.09. The molecule has 1 saturated heterocycles. The third kappa shape index (κ3) is 9.66. The smallest absolute Gasteiger partial charge is 0.229 e. The molecule has 1 amide bonds. The zero-order chi connectivity index (χ0) is 26.4. The molecular weight excluding hydrogens is 620 g/mol. The number of amides is 1. The molecule has 7 nitrogen and oxygen atoms in total. The summed E-state index contributed by atoms with van der Waals surface area (Å²) >= 11 is 15.2. The lowest BCUT2D eigenvalue weighted by atomic mass is 10.0. The molecule has 214 valence electrons. The third-order valence-electron chi connectivity index (χ3n) is 6.21. The van der Waals surface area contributed by atoms with Crippen LogP contribution in [0, 0.1) is 0 Å². The fraction of sp³-hybridized carbons (Fsp3) is 0.385. The third-order valence-corrected chi connectivity index (χ3v) is 9.09. The number of aliphatic hydroxyl groups excluding tert-OH is 1. The Morgan fingerprint density at radius 3 is 2.64 bits per heavy atom. The average molecular weight is 654 g/mol. The molecule has 2 heterocycles. The maximum atomic E-state index is 12.6. The van der Waals surface area contributed by atoms with Crippen molar-refractivity contribution in [3.05, 3.63) is 63.5 Å². The number of nitrogens with two attached hydrogens (primary N) is 1. The Kier molecular flexibility index (Phi) is 14.1. The largest absolute Gasteiger partial charge is 0.395 e. The van der Waals surface area contributed by atoms with Crippen LogP contribution < -0.4 is 11.1 Å². The molecule has 4 rings (SSSR count). The van der Waals surface area contributed by atoms with E-state index in [4.69, 9.17) is 39.0 Å². The Hall–Kier alpha value is -1.27. The highest BCUT2D eigenvalue weighted by atomic mass is 35.5. The first-order valence-corrected chi connectivity index (χ1v) is 14.5. The summed E-state index contributed by atoms with van der Waals surface area (Å²) in [6.07, 6.45) is 1.80. The van der Waals surface area contributed by atoms with Crippen molar-refractivity contribution >= 4 is 82.9 Å². The van der Waals surface area contributed by atoms with Gasteiger partial charge in [-0.1, -0.05) is 41.4 Å². The van der Waals surface area contributed by atoms with E-state index in [1.54, 1.807) is 6.92 Å². The molecule has 1 atom stereocenters. The standard InChI is InChI=1S/C26H31Cl2N5O2S2.2ClH/c1-17(35)33(22-7-9-32(10-8-22)14-18-5-6-23(27)24(28)11-18)37-26-31-25(16-36-26)19-3-2-4-21(12-19)30-13-20(29)15-34;;/h2-6,11-12,16,20,22,30,34H,7-10,13-15,29H2,1H3;2*1H/t20-;;/m1../s1. The lowest BCUT2D eigenvalue weighted by Gasteiger charge is -2.37. The first kappa shape index (κ1) is 33.9. The molecule has 0 bridgehead atoms. The predicted molar refractivity (Wildman–Crippen MR) is 169 cm³/mol. The molecule has 0 radical (unpaired) electrons. The number of aliphatic hydroxyl groups is 1. The minimum Gasteiger partial charge on any atom is -0.395 e. The fourth-order valence-corrected chi connectivity index (χ4v) is 6.45. The van der Waals surface area contributed by atoms with E-state index < -0.39 is 0 Å². The van der Waals surface area contributed by atoms with Gasteiger partial charge in [-0.25, -0.2) is 4.98 Å². The normalized spacial score (nSPS) is 14.7. The number of piperidine rings is 1. The highest BCUT2D eigenvalue weighted by molar-refractivity contribution is 7.99. The van der Waals surface area contributed by atoms with Gasteiger partial charge in [0.2, 0.25) is 5.91 Å². The zero-order valence-corrected chi connectivity index (χ0v) is 26.2. The molecule has 3 aromatic rings. The van der Waals surface area contributed by atoms with Crippen LogP contribution in [0.25, 0.3) is 11.3 Å². The van der Waals surface area contributed by atoms with Gasteiger partial charge in [0.25, 0.3) is 0 Å². The van der Waals surface area contributed by atoms with Gasteiger partial charge in [-0.3, -0.25) is 14.0 Å². The molecule has 2 aromatic carbocycles. The topological polar surface area (TPSA) is 94.7 Å². The van der Waals surface area contributed by atoms with Crippen LogP contribution in [0.3, 0.4) is 0 Å². The summed E-state index contributed by atoms with van der Waals surface area (Å²) < 4.78 is 2.72. The summed E-state index contributed by atoms with van der Waals surface area (Å²) in [6.45, 7) is 4.65. The summed E-state index contributed by atoms with van der Waals surface area (Å²) in [5.74, 6) is 0.0381. The van der Waals surface area contributed by atoms with Crippen LogP contribution in [-0.2, 0) is 11.3 Å². The molecule has 13 heteroatoms. The molecule has 1 aliphatic rings. The van der Waals surface area contributed by atoms with Gasteiger partial charge < -0.3 is 16.2 Å². The predicted octanol–water partition coefficient (Wildman–Crippen LogP) is 6.21. The number of likely N-dealkylation sites (tertiary alicyclic amines) is 1. The number of nitrogens with zero attached hydrogens (tertiary/aromatic N) is 3. The van der Waals surface area contributed by atoms with E-state index in [1.807, 2.05) is 52.1 Å². The van der Waals surface area contributed by atoms with Crippen molar-refractivity contribution < 1.29 is 9.90 Å². The van der Waals surface area contributed by atoms with Gasteiger partial charge in [0.05, 0.1) is 22.3 Å². The van der Waals surface area contributed by atoms with Crippen LogP contribution in [-0.4, -0.2) is 63.5 Å². The molecule has 0 aliphatic carbocycles. The first-order chi connectivity index (χ1) is 17.8. The maximum absolute atomic E-state index is 12.6. The second-order valence-corrected chi connectivity index (χ2v) is 12.0. The van der Waals surface area contributed by atoms with Gasteiger partial charge in [0.1, 0.15) is 0 Å². The lowest BCUT2D eigenvalue weighted by Crippen LogP contribution is -2.43. The second kappa shape index (κ2) is 16.2. The molecule has 39 heavy (non-hydrogen) atoms. The van der Waals surface area contributed by atoms with Gasteiger partial charge in [0.15, 0.2) is 4.34 Å². The van der Waals surface area contributed by atoms with E-state index in [0.717, 1.165) is 59.3 Å². The quantitative estimate of drug-likeness (QED) is 0.224. The molecule has 1 aliphatic heterocycles. The number of carbonyl (C=O) groups is 1. The molecule has 1 aromatic heterocycles. The number of anilines is 1. The van der Waals surface area contributed by atoms with Gasteiger partial charge in [-0.2, -0.15) is 0 Å². The summed E-state index contributed by atoms with van der Waals surface area (Å²) in [5.41, 5.74) is 9.69. The SMILES string of the molecule is CC(=O)N(Sc1nc(-c2cccc(NC[C@@H](N)CO)c2)cs1)C1CCN(Cc2ccc(Cl)c(Cl)c2)CC1.Cl.Cl. The maximum Gasteiger partial charge on any atom is 0.229 e. The molecular formula is C26H33Cl4N5O2S2. The van der Waals surface area contributed by atoms with E-state index in [9.17, 15) is 4.79 Å². The van der Waals surface area contributed by atoms with Crippen molar-refractivity contribution in [2.45, 2.75) is 42.7 Å². The molecule has 4 N–H and O–H groups in total. The lowest BCUT2D eigenvalue weighted by molar-refractivity contribution is -0.125. The van der Waals surface area contributed by atoms with Gasteiger partial charge in [0, 0.05) is 73.8 Å². The van der Waals surface area contributed by atoms with Crippen molar-refractivity contribution in [3.63, 3.8) is 0 Å². The van der Waals surface area contributed by atoms with Crippen LogP contribution >= 0.6 is 71.3 Å². The number of halogens is 4. The van der Waals surface area contributed by atoms with Crippen LogP contribution in [0.2, 0.25) is 10.0 Å². The van der Waals surface area contributed by atoms with E-state index in [-0.39, 0.29) is 49.4 Å². The van der Waals surface area contributed by atoms with E-state index in [0.29, 0.717) is 16.6 Å². The highest BCUT2D eigenvalue weighted by Crippen LogP contribution is 2.34. The Balaban J connectivity index is 0.00000267. The number of benzene rings is 2. The minimum absolute atomic E-state index is 0. The Morgan fingerprint density at radius 2 is 1.97 bits per heavy atom. The van der Waals surface area contributed by atoms with Crippen LogP contribution in [0.4, 0.5) is 5.69 Å². The fourth-order valence-electron chi connectivity index (χ4n) is 4.22. The molecule has 1 fully saturated rings.